The summed E-state index contributed by atoms with van der Waals surface area (Å²) in [5, 5.41) is 2.53. The van der Waals surface area contributed by atoms with Crippen molar-refractivity contribution in [3.05, 3.63) is 145 Å². The lowest BCUT2D eigenvalue weighted by Crippen LogP contribution is -1.97. The van der Waals surface area contributed by atoms with Gasteiger partial charge in [0.25, 0.3) is 0 Å². The first-order valence-corrected chi connectivity index (χ1v) is 13.0. The largest absolute Gasteiger partial charge is 0.292 e. The van der Waals surface area contributed by atoms with Gasteiger partial charge in [0.05, 0.1) is 11.0 Å². The number of imidazole rings is 1. The topological polar surface area (TPSA) is 17.8 Å². The molecule has 0 unspecified atom stereocenters. The minimum Gasteiger partial charge on any atom is -0.292 e. The van der Waals surface area contributed by atoms with E-state index < -0.39 is 0 Å². The number of benzene rings is 6. The molecule has 0 fully saturated rings. The van der Waals surface area contributed by atoms with Crippen molar-refractivity contribution in [2.24, 2.45) is 0 Å². The summed E-state index contributed by atoms with van der Waals surface area (Å²) in [6.07, 6.45) is 0. The Morgan fingerprint density at radius 2 is 1.00 bits per heavy atom. The van der Waals surface area contributed by atoms with Crippen LogP contribution in [0.15, 0.2) is 140 Å². The second-order valence-corrected chi connectivity index (χ2v) is 9.74. The first-order valence-electron chi connectivity index (χ1n) is 13.0. The molecule has 0 bridgehead atoms. The maximum Gasteiger partial charge on any atom is 0.145 e. The van der Waals surface area contributed by atoms with Crippen LogP contribution >= 0.6 is 0 Å². The van der Waals surface area contributed by atoms with Gasteiger partial charge in [-0.25, -0.2) is 4.98 Å². The average molecular weight is 487 g/mol. The maximum atomic E-state index is 5.03. The van der Waals surface area contributed by atoms with Crippen LogP contribution in [0.5, 0.6) is 0 Å². The van der Waals surface area contributed by atoms with Crippen LogP contribution in [0.3, 0.4) is 0 Å². The molecule has 0 aliphatic carbocycles. The van der Waals surface area contributed by atoms with Crippen molar-refractivity contribution >= 4 is 21.8 Å². The summed E-state index contributed by atoms with van der Waals surface area (Å²) in [5.41, 5.74) is 10.5. The second-order valence-electron chi connectivity index (χ2n) is 9.74. The first-order chi connectivity index (χ1) is 18.8. The first kappa shape index (κ1) is 22.3. The Kier molecular flexibility index (Phi) is 5.37. The van der Waals surface area contributed by atoms with E-state index in [4.69, 9.17) is 4.98 Å². The van der Waals surface area contributed by atoms with Crippen LogP contribution in [-0.2, 0) is 0 Å². The average Bonchev–Trinajstić information content (AvgIpc) is 3.37. The highest BCUT2D eigenvalue weighted by Crippen LogP contribution is 2.37. The molecule has 1 heterocycles. The van der Waals surface area contributed by atoms with Gasteiger partial charge in [-0.3, -0.25) is 4.57 Å². The normalized spacial score (nSPS) is 11.3. The van der Waals surface area contributed by atoms with Gasteiger partial charge in [-0.15, -0.1) is 0 Å². The van der Waals surface area contributed by atoms with Crippen LogP contribution in [0.2, 0.25) is 0 Å². The van der Waals surface area contributed by atoms with E-state index in [0.29, 0.717) is 0 Å². The maximum absolute atomic E-state index is 5.03. The number of fused-ring (bicyclic) bond motifs is 2. The van der Waals surface area contributed by atoms with Crippen molar-refractivity contribution in [2.45, 2.75) is 6.92 Å². The van der Waals surface area contributed by atoms with E-state index in [1.165, 1.54) is 38.6 Å². The Morgan fingerprint density at radius 3 is 1.66 bits per heavy atom. The number of rotatable bonds is 4. The summed E-state index contributed by atoms with van der Waals surface area (Å²) < 4.78 is 2.25. The summed E-state index contributed by atoms with van der Waals surface area (Å²) in [7, 11) is 0. The highest BCUT2D eigenvalue weighted by molar-refractivity contribution is 6.05. The third kappa shape index (κ3) is 3.79. The van der Waals surface area contributed by atoms with Gasteiger partial charge in [-0.2, -0.15) is 0 Å². The standard InChI is InChI=1S/C36H26N2/c1-25-15-17-26(18-16-25)30-23-24-31(33-12-6-5-11-32(30)33)27-19-21-28(22-20-27)36-37-34-13-7-8-14-35(34)38(36)29-9-3-2-4-10-29/h2-24H,1H3. The quantitative estimate of drug-likeness (QED) is 0.242. The van der Waals surface area contributed by atoms with Crippen LogP contribution in [0.25, 0.3) is 61.1 Å². The van der Waals surface area contributed by atoms with Gasteiger partial charge in [0.1, 0.15) is 5.82 Å². The zero-order valence-corrected chi connectivity index (χ0v) is 21.2. The molecule has 2 heteroatoms. The Bertz CT molecular complexity index is 1890. The van der Waals surface area contributed by atoms with E-state index in [1.54, 1.807) is 0 Å². The Hall–Kier alpha value is -4.95. The van der Waals surface area contributed by atoms with Crippen LogP contribution in [0.1, 0.15) is 5.56 Å². The van der Waals surface area contributed by atoms with Crippen molar-refractivity contribution in [2.75, 3.05) is 0 Å². The fourth-order valence-corrected chi connectivity index (χ4v) is 5.39. The van der Waals surface area contributed by atoms with Crippen molar-refractivity contribution < 1.29 is 0 Å². The summed E-state index contributed by atoms with van der Waals surface area (Å²) in [6.45, 7) is 2.13. The third-order valence-corrected chi connectivity index (χ3v) is 7.32. The predicted molar refractivity (Wildman–Crippen MR) is 160 cm³/mol. The monoisotopic (exact) mass is 486 g/mol. The molecule has 180 valence electrons. The van der Waals surface area contributed by atoms with Crippen LogP contribution in [0, 0.1) is 6.92 Å². The molecule has 1 aromatic heterocycles. The molecule has 0 aliphatic heterocycles. The molecule has 0 amide bonds. The molecule has 38 heavy (non-hydrogen) atoms. The summed E-state index contributed by atoms with van der Waals surface area (Å²) >= 11 is 0. The van der Waals surface area contributed by atoms with Crippen molar-refractivity contribution in [1.82, 2.24) is 9.55 Å². The molecule has 6 aromatic carbocycles. The van der Waals surface area contributed by atoms with Gasteiger partial charge >= 0.3 is 0 Å². The fraction of sp³-hybridized carbons (Fsp3) is 0.0278. The molecule has 0 spiro atoms. The Morgan fingerprint density at radius 1 is 0.474 bits per heavy atom. The van der Waals surface area contributed by atoms with E-state index in [1.807, 2.05) is 12.1 Å². The lowest BCUT2D eigenvalue weighted by molar-refractivity contribution is 1.10. The summed E-state index contributed by atoms with van der Waals surface area (Å²) in [5.74, 6) is 0.948. The molecule has 0 N–H and O–H groups in total. The van der Waals surface area contributed by atoms with E-state index in [0.717, 1.165) is 28.1 Å². The summed E-state index contributed by atoms with van der Waals surface area (Å²) in [6, 6.07) is 49.6. The van der Waals surface area contributed by atoms with Gasteiger partial charge < -0.3 is 0 Å². The van der Waals surface area contributed by atoms with Gasteiger partial charge in [0.15, 0.2) is 0 Å². The van der Waals surface area contributed by atoms with Crippen LogP contribution in [-0.4, -0.2) is 9.55 Å². The second kappa shape index (κ2) is 9.17. The minimum absolute atomic E-state index is 0.948. The van der Waals surface area contributed by atoms with Gasteiger partial charge in [0.2, 0.25) is 0 Å². The number of aryl methyl sites for hydroxylation is 1. The van der Waals surface area contributed by atoms with Gasteiger partial charge in [-0.1, -0.05) is 121 Å². The molecule has 0 saturated heterocycles. The molecule has 7 rings (SSSR count). The van der Waals surface area contributed by atoms with Crippen molar-refractivity contribution in [3.8, 4) is 39.3 Å². The van der Waals surface area contributed by atoms with E-state index in [9.17, 15) is 0 Å². The van der Waals surface area contributed by atoms with Crippen LogP contribution in [0.4, 0.5) is 0 Å². The Labute approximate surface area is 222 Å². The highest BCUT2D eigenvalue weighted by atomic mass is 15.1. The highest BCUT2D eigenvalue weighted by Gasteiger charge is 2.15. The third-order valence-electron chi connectivity index (χ3n) is 7.32. The Balaban J connectivity index is 1.34. The molecule has 7 aromatic rings. The SMILES string of the molecule is Cc1ccc(-c2ccc(-c3ccc(-c4nc5ccccc5n4-c4ccccc4)cc3)c3ccccc23)cc1. The molecule has 0 aliphatic rings. The van der Waals surface area contributed by atoms with E-state index >= 15 is 0 Å². The molecular weight excluding hydrogens is 460 g/mol. The zero-order valence-electron chi connectivity index (χ0n) is 21.2. The molecule has 2 nitrogen and oxygen atoms in total. The number of para-hydroxylation sites is 3. The van der Waals surface area contributed by atoms with Crippen molar-refractivity contribution in [3.63, 3.8) is 0 Å². The smallest absolute Gasteiger partial charge is 0.145 e. The van der Waals surface area contributed by atoms with Crippen molar-refractivity contribution in [1.29, 1.82) is 0 Å². The lowest BCUT2D eigenvalue weighted by atomic mass is 9.91. The molecule has 0 atom stereocenters. The molecular formula is C36H26N2. The number of hydrogen-bond acceptors (Lipinski definition) is 1. The molecule has 0 radical (unpaired) electrons. The number of aromatic nitrogens is 2. The number of hydrogen-bond donors (Lipinski definition) is 0. The predicted octanol–water partition coefficient (Wildman–Crippen LogP) is 9.49. The van der Waals surface area contributed by atoms with Crippen LogP contribution < -0.4 is 0 Å². The zero-order chi connectivity index (χ0) is 25.5. The lowest BCUT2D eigenvalue weighted by Gasteiger charge is -2.13. The van der Waals surface area contributed by atoms with Gasteiger partial charge in [0, 0.05) is 11.3 Å². The van der Waals surface area contributed by atoms with E-state index in [2.05, 4.69) is 139 Å². The summed E-state index contributed by atoms with van der Waals surface area (Å²) in [4.78, 5) is 5.03. The number of nitrogens with zero attached hydrogens (tertiary/aromatic N) is 2. The fourth-order valence-electron chi connectivity index (χ4n) is 5.39. The minimum atomic E-state index is 0.948. The van der Waals surface area contributed by atoms with E-state index in [-0.39, 0.29) is 0 Å². The van der Waals surface area contributed by atoms with Gasteiger partial charge in [-0.05, 0) is 64.2 Å². The molecule has 0 saturated carbocycles.